The molecule has 3 aromatic rings. The van der Waals surface area contributed by atoms with E-state index in [1.54, 1.807) is 12.5 Å². The molecule has 2 aromatic heterocycles. The summed E-state index contributed by atoms with van der Waals surface area (Å²) in [6, 6.07) is 5.72. The van der Waals surface area contributed by atoms with Crippen molar-refractivity contribution in [1.29, 1.82) is 0 Å². The molecule has 0 amide bonds. The maximum Gasteiger partial charge on any atom is 0.124 e. The summed E-state index contributed by atoms with van der Waals surface area (Å²) in [5.74, 6) is 1.21. The smallest absolute Gasteiger partial charge is 0.124 e. The molecule has 1 aromatic carbocycles. The number of hydrogen-bond acceptors (Lipinski definition) is 2. The van der Waals surface area contributed by atoms with Crippen LogP contribution in [0.15, 0.2) is 36.9 Å². The molecule has 0 unspecified atom stereocenters. The molecule has 19 heavy (non-hydrogen) atoms. The Bertz CT molecular complexity index is 688. The molecule has 3 rings (SSSR count). The molecule has 0 aliphatic rings. The molecule has 0 atom stereocenters. The van der Waals surface area contributed by atoms with Crippen LogP contribution < -0.4 is 0 Å². The number of para-hydroxylation sites is 1. The number of fused-ring (bicyclic) bond motifs is 1. The van der Waals surface area contributed by atoms with Crippen LogP contribution in [0.4, 0.5) is 0 Å². The SMILES string of the molecule is ClCc1nc2cccc(Cl)c2n1CCn1ccnc1. The average molecular weight is 295 g/mol. The van der Waals surface area contributed by atoms with Gasteiger partial charge in [0.25, 0.3) is 0 Å². The van der Waals surface area contributed by atoms with Gasteiger partial charge in [-0.15, -0.1) is 11.6 Å². The number of aromatic nitrogens is 4. The molecular formula is C13H12Cl2N4. The van der Waals surface area contributed by atoms with E-state index >= 15 is 0 Å². The lowest BCUT2D eigenvalue weighted by Crippen LogP contribution is -2.08. The fourth-order valence-corrected chi connectivity index (χ4v) is 2.64. The molecule has 6 heteroatoms. The summed E-state index contributed by atoms with van der Waals surface area (Å²) in [6.07, 6.45) is 5.49. The minimum absolute atomic E-state index is 0.370. The largest absolute Gasteiger partial charge is 0.336 e. The average Bonchev–Trinajstić information content (AvgIpc) is 3.03. The highest BCUT2D eigenvalue weighted by molar-refractivity contribution is 6.35. The van der Waals surface area contributed by atoms with Crippen molar-refractivity contribution in [2.75, 3.05) is 0 Å². The molecule has 98 valence electrons. The summed E-state index contributed by atoms with van der Waals surface area (Å²) in [7, 11) is 0. The fraction of sp³-hybridized carbons (Fsp3) is 0.231. The van der Waals surface area contributed by atoms with Gasteiger partial charge in [0.05, 0.1) is 28.3 Å². The second-order valence-electron chi connectivity index (χ2n) is 4.22. The zero-order chi connectivity index (χ0) is 13.2. The summed E-state index contributed by atoms with van der Waals surface area (Å²) >= 11 is 12.2. The van der Waals surface area contributed by atoms with Gasteiger partial charge in [-0.25, -0.2) is 9.97 Å². The second kappa shape index (κ2) is 5.23. The lowest BCUT2D eigenvalue weighted by molar-refractivity contribution is 0.577. The first-order valence-corrected chi connectivity index (χ1v) is 6.86. The quantitative estimate of drug-likeness (QED) is 0.692. The monoisotopic (exact) mass is 294 g/mol. The third-order valence-electron chi connectivity index (χ3n) is 3.06. The van der Waals surface area contributed by atoms with Crippen molar-refractivity contribution in [3.05, 3.63) is 47.8 Å². The van der Waals surface area contributed by atoms with E-state index in [0.717, 1.165) is 29.9 Å². The Hall–Kier alpha value is -1.52. The van der Waals surface area contributed by atoms with E-state index in [9.17, 15) is 0 Å². The first-order chi connectivity index (χ1) is 9.29. The molecule has 0 saturated carbocycles. The van der Waals surface area contributed by atoms with Crippen molar-refractivity contribution < 1.29 is 0 Å². The number of imidazole rings is 2. The summed E-state index contributed by atoms with van der Waals surface area (Å²) < 4.78 is 4.09. The fourth-order valence-electron chi connectivity index (χ4n) is 2.17. The van der Waals surface area contributed by atoms with Gasteiger partial charge in [-0.05, 0) is 12.1 Å². The van der Waals surface area contributed by atoms with Gasteiger partial charge in [0.1, 0.15) is 5.82 Å². The van der Waals surface area contributed by atoms with Gasteiger partial charge in [0.2, 0.25) is 0 Å². The lowest BCUT2D eigenvalue weighted by atomic mass is 10.3. The number of halogens is 2. The topological polar surface area (TPSA) is 35.6 Å². The number of alkyl halides is 1. The van der Waals surface area contributed by atoms with Gasteiger partial charge >= 0.3 is 0 Å². The highest BCUT2D eigenvalue weighted by Crippen LogP contribution is 2.25. The van der Waals surface area contributed by atoms with Crippen LogP contribution in [0.3, 0.4) is 0 Å². The normalized spacial score (nSPS) is 11.3. The molecule has 0 bridgehead atoms. The zero-order valence-electron chi connectivity index (χ0n) is 10.1. The van der Waals surface area contributed by atoms with E-state index in [0.29, 0.717) is 10.9 Å². The van der Waals surface area contributed by atoms with Gasteiger partial charge in [0, 0.05) is 25.5 Å². The van der Waals surface area contributed by atoms with E-state index in [-0.39, 0.29) is 0 Å². The van der Waals surface area contributed by atoms with Crippen molar-refractivity contribution in [2.45, 2.75) is 19.0 Å². The summed E-state index contributed by atoms with van der Waals surface area (Å²) in [5.41, 5.74) is 1.83. The molecule has 0 N–H and O–H groups in total. The van der Waals surface area contributed by atoms with Gasteiger partial charge in [0.15, 0.2) is 0 Å². The summed E-state index contributed by atoms with van der Waals surface area (Å²) in [4.78, 5) is 8.54. The van der Waals surface area contributed by atoms with Crippen LogP contribution in [0.1, 0.15) is 5.82 Å². The maximum atomic E-state index is 6.27. The Morgan fingerprint density at radius 3 is 2.84 bits per heavy atom. The number of rotatable bonds is 4. The van der Waals surface area contributed by atoms with Crippen molar-refractivity contribution in [1.82, 2.24) is 19.1 Å². The van der Waals surface area contributed by atoms with Gasteiger partial charge in [-0.3, -0.25) is 0 Å². The van der Waals surface area contributed by atoms with E-state index in [2.05, 4.69) is 14.5 Å². The van der Waals surface area contributed by atoms with Crippen LogP contribution in [-0.2, 0) is 19.0 Å². The summed E-state index contributed by atoms with van der Waals surface area (Å²) in [6.45, 7) is 1.57. The molecule has 4 nitrogen and oxygen atoms in total. The number of nitrogens with zero attached hydrogens (tertiary/aromatic N) is 4. The number of aryl methyl sites for hydroxylation is 2. The van der Waals surface area contributed by atoms with Crippen LogP contribution >= 0.6 is 23.2 Å². The first kappa shape index (κ1) is 12.5. The van der Waals surface area contributed by atoms with E-state index in [1.807, 2.05) is 29.0 Å². The van der Waals surface area contributed by atoms with Gasteiger partial charge in [-0.1, -0.05) is 17.7 Å². The Morgan fingerprint density at radius 2 is 2.11 bits per heavy atom. The van der Waals surface area contributed by atoms with Crippen molar-refractivity contribution in [3.63, 3.8) is 0 Å². The van der Waals surface area contributed by atoms with Crippen LogP contribution in [0.25, 0.3) is 11.0 Å². The highest BCUT2D eigenvalue weighted by atomic mass is 35.5. The Morgan fingerprint density at radius 1 is 1.21 bits per heavy atom. The Kier molecular flexibility index (Phi) is 3.44. The predicted octanol–water partition coefficient (Wildman–Crippen LogP) is 3.33. The Labute approximate surface area is 120 Å². The molecule has 0 saturated heterocycles. The second-order valence-corrected chi connectivity index (χ2v) is 4.90. The third-order valence-corrected chi connectivity index (χ3v) is 3.60. The highest BCUT2D eigenvalue weighted by Gasteiger charge is 2.12. The van der Waals surface area contributed by atoms with Crippen LogP contribution in [0.5, 0.6) is 0 Å². The van der Waals surface area contributed by atoms with Crippen LogP contribution in [-0.4, -0.2) is 19.1 Å². The molecule has 2 heterocycles. The molecule has 0 aliphatic heterocycles. The van der Waals surface area contributed by atoms with Gasteiger partial charge in [-0.2, -0.15) is 0 Å². The Balaban J connectivity index is 2.00. The van der Waals surface area contributed by atoms with Crippen LogP contribution in [0.2, 0.25) is 5.02 Å². The standard InChI is InChI=1S/C13H12Cl2N4/c14-8-12-17-11-3-1-2-10(15)13(11)19(12)7-6-18-5-4-16-9-18/h1-5,9H,6-8H2. The van der Waals surface area contributed by atoms with Gasteiger partial charge < -0.3 is 9.13 Å². The van der Waals surface area contributed by atoms with Crippen molar-refractivity contribution in [2.24, 2.45) is 0 Å². The maximum absolute atomic E-state index is 6.27. The molecular weight excluding hydrogens is 283 g/mol. The third kappa shape index (κ3) is 2.33. The van der Waals surface area contributed by atoms with Crippen molar-refractivity contribution in [3.8, 4) is 0 Å². The van der Waals surface area contributed by atoms with Crippen LogP contribution in [0, 0.1) is 0 Å². The molecule has 0 spiro atoms. The molecule has 0 aliphatic carbocycles. The summed E-state index contributed by atoms with van der Waals surface area (Å²) in [5, 5.41) is 0.701. The van der Waals surface area contributed by atoms with Crippen molar-refractivity contribution >= 4 is 34.2 Å². The zero-order valence-corrected chi connectivity index (χ0v) is 11.6. The van der Waals surface area contributed by atoms with E-state index in [1.165, 1.54) is 0 Å². The van der Waals surface area contributed by atoms with E-state index < -0.39 is 0 Å². The number of hydrogen-bond donors (Lipinski definition) is 0. The first-order valence-electron chi connectivity index (χ1n) is 5.95. The predicted molar refractivity (Wildman–Crippen MR) is 76.5 cm³/mol. The molecule has 0 fully saturated rings. The molecule has 0 radical (unpaired) electrons. The number of benzene rings is 1. The van der Waals surface area contributed by atoms with E-state index in [4.69, 9.17) is 23.2 Å². The lowest BCUT2D eigenvalue weighted by Gasteiger charge is -2.09. The minimum Gasteiger partial charge on any atom is -0.336 e. The minimum atomic E-state index is 0.370.